The predicted octanol–water partition coefficient (Wildman–Crippen LogP) is 4.45. The van der Waals surface area contributed by atoms with Gasteiger partial charge in [0.25, 0.3) is 5.89 Å². The van der Waals surface area contributed by atoms with Crippen molar-refractivity contribution < 1.29 is 13.9 Å². The number of benzene rings is 1. The Labute approximate surface area is 149 Å². The number of aryl methyl sites for hydroxylation is 1. The van der Waals surface area contributed by atoms with Crippen LogP contribution in [0.15, 0.2) is 28.8 Å². The van der Waals surface area contributed by atoms with E-state index in [4.69, 9.17) is 9.15 Å². The number of nitrogens with zero attached hydrogens (tertiary/aromatic N) is 1. The Kier molecular flexibility index (Phi) is 5.35. The van der Waals surface area contributed by atoms with Crippen molar-refractivity contribution in [2.75, 3.05) is 6.61 Å². The molecular weight excluding hydrogens is 405 g/mol. The zero-order valence-corrected chi connectivity index (χ0v) is 15.3. The number of carbonyl (C=O) groups excluding carboxylic acids is 1. The van der Waals surface area contributed by atoms with Gasteiger partial charge in [0, 0.05) is 28.5 Å². The molecule has 0 saturated heterocycles. The highest BCUT2D eigenvalue weighted by molar-refractivity contribution is 14.1. The van der Waals surface area contributed by atoms with Crippen molar-refractivity contribution in [2.24, 2.45) is 5.92 Å². The lowest BCUT2D eigenvalue weighted by molar-refractivity contribution is 0.0871. The number of carbonyl (C=O) groups is 1. The molecule has 0 amide bonds. The van der Waals surface area contributed by atoms with Crippen LogP contribution in [-0.4, -0.2) is 17.4 Å². The van der Waals surface area contributed by atoms with E-state index < -0.39 is 0 Å². The molecule has 1 atom stereocenters. The third kappa shape index (κ3) is 3.94. The highest BCUT2D eigenvalue weighted by Crippen LogP contribution is 2.30. The van der Waals surface area contributed by atoms with Crippen LogP contribution in [0.4, 0.5) is 0 Å². The fourth-order valence-corrected chi connectivity index (χ4v) is 3.27. The lowest BCUT2D eigenvalue weighted by Gasteiger charge is -2.23. The second-order valence-electron chi connectivity index (χ2n) is 5.91. The maximum Gasteiger partial charge on any atom is 0.264 e. The largest absolute Gasteiger partial charge is 0.494 e. The molecular formula is C18H20INO3. The molecule has 1 aromatic carbocycles. The van der Waals surface area contributed by atoms with Crippen molar-refractivity contribution in [2.45, 2.75) is 39.0 Å². The van der Waals surface area contributed by atoms with E-state index in [0.717, 1.165) is 44.5 Å². The fourth-order valence-electron chi connectivity index (χ4n) is 2.92. The standard InChI is InChI=1S/C18H20INO3/c1-2-3-8-22-15-7-6-12-9-14(5-4-13(12)10-15)17(21)18-20-11-16(19)23-18/h6-7,10-11,14H,2-5,8-9H2,1H3. The predicted molar refractivity (Wildman–Crippen MR) is 95.9 cm³/mol. The van der Waals surface area contributed by atoms with Gasteiger partial charge in [-0.1, -0.05) is 19.4 Å². The van der Waals surface area contributed by atoms with E-state index in [-0.39, 0.29) is 17.6 Å². The monoisotopic (exact) mass is 425 g/mol. The van der Waals surface area contributed by atoms with Gasteiger partial charge >= 0.3 is 0 Å². The molecule has 0 spiro atoms. The van der Waals surface area contributed by atoms with E-state index in [1.54, 1.807) is 6.20 Å². The Morgan fingerprint density at radius 2 is 2.30 bits per heavy atom. The van der Waals surface area contributed by atoms with Gasteiger partial charge in [-0.05, 0) is 48.9 Å². The smallest absolute Gasteiger partial charge is 0.264 e. The summed E-state index contributed by atoms with van der Waals surface area (Å²) in [5.74, 6) is 1.15. The van der Waals surface area contributed by atoms with Crippen molar-refractivity contribution in [3.63, 3.8) is 0 Å². The number of hydrogen-bond acceptors (Lipinski definition) is 4. The van der Waals surface area contributed by atoms with E-state index in [0.29, 0.717) is 3.77 Å². The van der Waals surface area contributed by atoms with Gasteiger partial charge in [0.05, 0.1) is 12.8 Å². The SMILES string of the molecule is CCCCOc1ccc2c(c1)CCC(C(=O)c1ncc(I)o1)C2. The Morgan fingerprint density at radius 1 is 1.43 bits per heavy atom. The number of Topliss-reactive ketones (excluding diaryl/α,β-unsaturated/α-hetero) is 1. The van der Waals surface area contributed by atoms with Crippen LogP contribution < -0.4 is 4.74 Å². The van der Waals surface area contributed by atoms with Gasteiger partial charge in [-0.3, -0.25) is 4.79 Å². The first-order chi connectivity index (χ1) is 11.2. The maximum absolute atomic E-state index is 12.5. The lowest BCUT2D eigenvalue weighted by Crippen LogP contribution is -2.23. The van der Waals surface area contributed by atoms with Crippen LogP contribution in [0, 0.1) is 9.68 Å². The topological polar surface area (TPSA) is 52.3 Å². The average Bonchev–Trinajstić information content (AvgIpc) is 3.00. The summed E-state index contributed by atoms with van der Waals surface area (Å²) < 4.78 is 11.8. The molecule has 0 bridgehead atoms. The second kappa shape index (κ2) is 7.47. The molecule has 122 valence electrons. The number of ketones is 1. The summed E-state index contributed by atoms with van der Waals surface area (Å²) >= 11 is 2.03. The Balaban J connectivity index is 1.67. The van der Waals surface area contributed by atoms with Crippen LogP contribution >= 0.6 is 22.6 Å². The molecule has 0 saturated carbocycles. The molecule has 4 nitrogen and oxygen atoms in total. The van der Waals surface area contributed by atoms with Crippen LogP contribution in [0.2, 0.25) is 0 Å². The van der Waals surface area contributed by atoms with Crippen molar-refractivity contribution in [1.29, 1.82) is 0 Å². The minimum Gasteiger partial charge on any atom is -0.494 e. The third-order valence-corrected chi connectivity index (χ3v) is 4.73. The maximum atomic E-state index is 12.5. The normalized spacial score (nSPS) is 16.9. The minimum absolute atomic E-state index is 0.0156. The van der Waals surface area contributed by atoms with Gasteiger partial charge in [-0.25, -0.2) is 4.98 Å². The number of oxazole rings is 1. The van der Waals surface area contributed by atoms with Gasteiger partial charge in [0.1, 0.15) is 5.75 Å². The highest BCUT2D eigenvalue weighted by atomic mass is 127. The zero-order chi connectivity index (χ0) is 16.2. The van der Waals surface area contributed by atoms with E-state index in [2.05, 4.69) is 24.0 Å². The Bertz CT molecular complexity index is 695. The van der Waals surface area contributed by atoms with Crippen LogP contribution in [0.3, 0.4) is 0 Å². The summed E-state index contributed by atoms with van der Waals surface area (Å²) in [4.78, 5) is 16.5. The zero-order valence-electron chi connectivity index (χ0n) is 13.2. The minimum atomic E-state index is -0.0381. The first-order valence-electron chi connectivity index (χ1n) is 8.07. The first kappa shape index (κ1) is 16.5. The number of hydrogen-bond donors (Lipinski definition) is 0. The number of halogens is 1. The van der Waals surface area contributed by atoms with Gasteiger partial charge < -0.3 is 9.15 Å². The molecule has 1 heterocycles. The number of unbranched alkanes of at least 4 members (excludes halogenated alkanes) is 1. The van der Waals surface area contributed by atoms with Crippen molar-refractivity contribution in [3.8, 4) is 5.75 Å². The van der Waals surface area contributed by atoms with Crippen LogP contribution in [0.25, 0.3) is 0 Å². The summed E-state index contributed by atoms with van der Waals surface area (Å²) in [5, 5.41) is 0. The number of aromatic nitrogens is 1. The summed E-state index contributed by atoms with van der Waals surface area (Å²) in [5.41, 5.74) is 2.53. The molecule has 1 aliphatic rings. The van der Waals surface area contributed by atoms with Crippen molar-refractivity contribution in [3.05, 3.63) is 45.2 Å². The Morgan fingerprint density at radius 3 is 3.04 bits per heavy atom. The average molecular weight is 425 g/mol. The molecule has 0 aliphatic heterocycles. The fraction of sp³-hybridized carbons (Fsp3) is 0.444. The van der Waals surface area contributed by atoms with E-state index in [9.17, 15) is 4.79 Å². The van der Waals surface area contributed by atoms with Crippen molar-refractivity contribution in [1.82, 2.24) is 4.98 Å². The van der Waals surface area contributed by atoms with Crippen LogP contribution in [-0.2, 0) is 12.8 Å². The molecule has 5 heteroatoms. The molecule has 23 heavy (non-hydrogen) atoms. The lowest BCUT2D eigenvalue weighted by atomic mass is 9.81. The summed E-state index contributed by atoms with van der Waals surface area (Å²) in [6.07, 6.45) is 6.28. The van der Waals surface area contributed by atoms with Crippen LogP contribution in [0.1, 0.15) is 48.0 Å². The number of rotatable bonds is 6. The van der Waals surface area contributed by atoms with Gasteiger partial charge in [0.2, 0.25) is 5.78 Å². The van der Waals surface area contributed by atoms with E-state index in [1.807, 2.05) is 28.7 Å². The van der Waals surface area contributed by atoms with Gasteiger partial charge in [0.15, 0.2) is 3.77 Å². The van der Waals surface area contributed by atoms with Gasteiger partial charge in [-0.15, -0.1) is 0 Å². The molecule has 0 radical (unpaired) electrons. The molecule has 1 aliphatic carbocycles. The molecule has 2 aromatic rings. The summed E-state index contributed by atoms with van der Waals surface area (Å²) in [6, 6.07) is 6.23. The molecule has 3 rings (SSSR count). The van der Waals surface area contributed by atoms with Crippen molar-refractivity contribution >= 4 is 28.4 Å². The molecule has 1 unspecified atom stereocenters. The first-order valence-corrected chi connectivity index (χ1v) is 9.15. The summed E-state index contributed by atoms with van der Waals surface area (Å²) in [6.45, 7) is 2.92. The molecule has 1 aromatic heterocycles. The number of ether oxygens (including phenoxy) is 1. The Hall–Kier alpha value is -1.37. The van der Waals surface area contributed by atoms with E-state index in [1.165, 1.54) is 11.1 Å². The van der Waals surface area contributed by atoms with Crippen LogP contribution in [0.5, 0.6) is 5.75 Å². The highest BCUT2D eigenvalue weighted by Gasteiger charge is 2.28. The second-order valence-corrected chi connectivity index (χ2v) is 6.97. The summed E-state index contributed by atoms with van der Waals surface area (Å²) in [7, 11) is 0. The third-order valence-electron chi connectivity index (χ3n) is 4.23. The van der Waals surface area contributed by atoms with Gasteiger partial charge in [-0.2, -0.15) is 0 Å². The quantitative estimate of drug-likeness (QED) is 0.390. The number of fused-ring (bicyclic) bond motifs is 1. The van der Waals surface area contributed by atoms with E-state index >= 15 is 0 Å². The molecule has 0 fully saturated rings. The molecule has 0 N–H and O–H groups in total.